The highest BCUT2D eigenvalue weighted by atomic mass is 32.1. The van der Waals surface area contributed by atoms with Crippen LogP contribution in [0.25, 0.3) is 0 Å². The first-order chi connectivity index (χ1) is 14.9. The highest BCUT2D eigenvalue weighted by Crippen LogP contribution is 2.34. The van der Waals surface area contributed by atoms with Crippen LogP contribution in [0.2, 0.25) is 0 Å². The normalized spacial score (nSPS) is 15.5. The molecular weight excluding hydrogens is 417 g/mol. The number of amides is 3. The molecule has 6 nitrogen and oxygen atoms in total. The van der Waals surface area contributed by atoms with E-state index in [1.165, 1.54) is 17.0 Å². The van der Waals surface area contributed by atoms with Crippen molar-refractivity contribution in [3.05, 3.63) is 52.0 Å². The van der Waals surface area contributed by atoms with Crippen molar-refractivity contribution in [1.29, 1.82) is 0 Å². The Morgan fingerprint density at radius 1 is 1.35 bits per heavy atom. The van der Waals surface area contributed by atoms with Gasteiger partial charge in [0.2, 0.25) is 5.91 Å². The number of urea groups is 1. The van der Waals surface area contributed by atoms with Crippen LogP contribution in [0.5, 0.6) is 5.75 Å². The van der Waals surface area contributed by atoms with Crippen molar-refractivity contribution in [2.24, 2.45) is 0 Å². The van der Waals surface area contributed by atoms with Crippen molar-refractivity contribution < 1.29 is 18.7 Å². The summed E-state index contributed by atoms with van der Waals surface area (Å²) in [5.74, 6) is -0.0569. The van der Waals surface area contributed by atoms with Crippen LogP contribution in [0.3, 0.4) is 0 Å². The Labute approximate surface area is 187 Å². The molecule has 1 aromatic carbocycles. The number of rotatable bonds is 8. The van der Waals surface area contributed by atoms with Gasteiger partial charge in [-0.3, -0.25) is 4.79 Å². The van der Waals surface area contributed by atoms with Crippen molar-refractivity contribution in [3.63, 3.8) is 0 Å². The molecule has 0 aliphatic carbocycles. The SMILES string of the molecule is CCCNC(=O)N(CC(=O)N1CCc2sccc2[C@H]1COc1cccc(F)c1)C(C)C. The number of ether oxygens (including phenoxy) is 1. The third kappa shape index (κ3) is 5.76. The fourth-order valence-electron chi connectivity index (χ4n) is 3.67. The Kier molecular flexibility index (Phi) is 7.90. The molecule has 1 aliphatic heterocycles. The Balaban J connectivity index is 1.75. The van der Waals surface area contributed by atoms with Gasteiger partial charge in [-0.1, -0.05) is 13.0 Å². The molecule has 31 heavy (non-hydrogen) atoms. The minimum Gasteiger partial charge on any atom is -0.491 e. The molecule has 1 atom stereocenters. The Morgan fingerprint density at radius 3 is 2.87 bits per heavy atom. The summed E-state index contributed by atoms with van der Waals surface area (Å²) >= 11 is 1.67. The molecule has 1 N–H and O–H groups in total. The van der Waals surface area contributed by atoms with Crippen LogP contribution in [0.1, 0.15) is 43.7 Å². The van der Waals surface area contributed by atoms with Gasteiger partial charge in [-0.2, -0.15) is 0 Å². The molecular formula is C23H30FN3O3S. The van der Waals surface area contributed by atoms with Gasteiger partial charge in [0.25, 0.3) is 0 Å². The molecule has 3 rings (SSSR count). The predicted molar refractivity (Wildman–Crippen MR) is 120 cm³/mol. The van der Waals surface area contributed by atoms with Crippen molar-refractivity contribution in [2.45, 2.75) is 45.7 Å². The standard InChI is InChI=1S/C23H30FN3O3S/c1-4-10-25-23(29)27(16(2)3)14-22(28)26-11-8-21-19(9-12-31-21)20(26)15-30-18-7-5-6-17(24)13-18/h5-7,9,12-13,16,20H,4,8,10-11,14-15H2,1-3H3,(H,25,29)/t20-/m1/s1. The lowest BCUT2D eigenvalue weighted by Crippen LogP contribution is -2.51. The van der Waals surface area contributed by atoms with Gasteiger partial charge in [0, 0.05) is 30.1 Å². The summed E-state index contributed by atoms with van der Waals surface area (Å²) in [5.41, 5.74) is 1.06. The minimum atomic E-state index is -0.365. The van der Waals surface area contributed by atoms with Crippen molar-refractivity contribution in [2.75, 3.05) is 26.2 Å². The van der Waals surface area contributed by atoms with E-state index in [0.29, 0.717) is 18.8 Å². The topological polar surface area (TPSA) is 61.9 Å². The summed E-state index contributed by atoms with van der Waals surface area (Å²) in [6.07, 6.45) is 1.61. The number of hydrogen-bond donors (Lipinski definition) is 1. The number of hydrogen-bond acceptors (Lipinski definition) is 4. The third-order valence-electron chi connectivity index (χ3n) is 5.34. The quantitative estimate of drug-likeness (QED) is 0.659. The van der Waals surface area contributed by atoms with Crippen LogP contribution in [-0.4, -0.2) is 54.0 Å². The zero-order chi connectivity index (χ0) is 22.4. The summed E-state index contributed by atoms with van der Waals surface area (Å²) in [7, 11) is 0. The highest BCUT2D eigenvalue weighted by Gasteiger charge is 2.34. The van der Waals surface area contributed by atoms with Gasteiger partial charge in [-0.25, -0.2) is 9.18 Å². The van der Waals surface area contributed by atoms with E-state index in [9.17, 15) is 14.0 Å². The molecule has 0 saturated carbocycles. The van der Waals surface area contributed by atoms with Gasteiger partial charge >= 0.3 is 6.03 Å². The lowest BCUT2D eigenvalue weighted by Gasteiger charge is -2.37. The Bertz CT molecular complexity index is 902. The Morgan fingerprint density at radius 2 is 2.16 bits per heavy atom. The molecule has 2 aromatic rings. The molecule has 0 spiro atoms. The van der Waals surface area contributed by atoms with Crippen molar-refractivity contribution in [3.8, 4) is 5.75 Å². The van der Waals surface area contributed by atoms with E-state index in [4.69, 9.17) is 4.74 Å². The van der Waals surface area contributed by atoms with Crippen LogP contribution in [0, 0.1) is 5.82 Å². The fraction of sp³-hybridized carbons (Fsp3) is 0.478. The van der Waals surface area contributed by atoms with Crippen LogP contribution in [-0.2, 0) is 11.2 Å². The van der Waals surface area contributed by atoms with Crippen LogP contribution in [0.15, 0.2) is 35.7 Å². The zero-order valence-electron chi connectivity index (χ0n) is 18.3. The van der Waals surface area contributed by atoms with Gasteiger partial charge in [-0.15, -0.1) is 11.3 Å². The van der Waals surface area contributed by atoms with Crippen LogP contribution < -0.4 is 10.1 Å². The third-order valence-corrected chi connectivity index (χ3v) is 6.33. The number of benzene rings is 1. The number of thiophene rings is 1. The summed E-state index contributed by atoms with van der Waals surface area (Å²) in [4.78, 5) is 30.4. The summed E-state index contributed by atoms with van der Waals surface area (Å²) < 4.78 is 19.4. The second-order valence-electron chi connectivity index (χ2n) is 7.87. The molecule has 3 amide bonds. The molecule has 0 saturated heterocycles. The molecule has 0 radical (unpaired) electrons. The van der Waals surface area contributed by atoms with Gasteiger partial charge in [0.15, 0.2) is 0 Å². The monoisotopic (exact) mass is 447 g/mol. The maximum absolute atomic E-state index is 13.5. The van der Waals surface area contributed by atoms with Gasteiger partial charge in [-0.05, 0) is 55.8 Å². The molecule has 2 heterocycles. The second-order valence-corrected chi connectivity index (χ2v) is 8.87. The van der Waals surface area contributed by atoms with Crippen LogP contribution in [0.4, 0.5) is 9.18 Å². The summed E-state index contributed by atoms with van der Waals surface area (Å²) in [6.45, 7) is 7.15. The number of carbonyl (C=O) groups is 2. The van der Waals surface area contributed by atoms with Crippen LogP contribution >= 0.6 is 11.3 Å². The van der Waals surface area contributed by atoms with E-state index in [-0.39, 0.29) is 43.0 Å². The lowest BCUT2D eigenvalue weighted by atomic mass is 10.0. The van der Waals surface area contributed by atoms with E-state index >= 15 is 0 Å². The van der Waals surface area contributed by atoms with E-state index in [2.05, 4.69) is 5.32 Å². The fourth-order valence-corrected chi connectivity index (χ4v) is 4.59. The zero-order valence-corrected chi connectivity index (χ0v) is 19.1. The first-order valence-electron chi connectivity index (χ1n) is 10.7. The van der Waals surface area contributed by atoms with Crippen molar-refractivity contribution >= 4 is 23.3 Å². The van der Waals surface area contributed by atoms with E-state index in [0.717, 1.165) is 18.4 Å². The maximum atomic E-state index is 13.5. The lowest BCUT2D eigenvalue weighted by molar-refractivity contribution is -0.135. The minimum absolute atomic E-state index is 0.00312. The molecule has 0 unspecified atom stereocenters. The number of nitrogens with one attached hydrogen (secondary N) is 1. The van der Waals surface area contributed by atoms with E-state index in [1.807, 2.05) is 32.2 Å². The second kappa shape index (κ2) is 10.6. The van der Waals surface area contributed by atoms with Gasteiger partial charge in [0.1, 0.15) is 24.7 Å². The average molecular weight is 448 g/mol. The van der Waals surface area contributed by atoms with Crippen molar-refractivity contribution in [1.82, 2.24) is 15.1 Å². The summed E-state index contributed by atoms with van der Waals surface area (Å²) in [6, 6.07) is 7.40. The number of carbonyl (C=O) groups excluding carboxylic acids is 2. The predicted octanol–water partition coefficient (Wildman–Crippen LogP) is 4.22. The van der Waals surface area contributed by atoms with Gasteiger partial charge < -0.3 is 19.9 Å². The molecule has 1 aliphatic rings. The molecule has 168 valence electrons. The summed E-state index contributed by atoms with van der Waals surface area (Å²) in [5, 5.41) is 4.87. The Hall–Kier alpha value is -2.61. The maximum Gasteiger partial charge on any atom is 0.318 e. The number of nitrogens with zero attached hydrogens (tertiary/aromatic N) is 2. The molecule has 8 heteroatoms. The van der Waals surface area contributed by atoms with Gasteiger partial charge in [0.05, 0.1) is 6.04 Å². The molecule has 0 bridgehead atoms. The largest absolute Gasteiger partial charge is 0.491 e. The highest BCUT2D eigenvalue weighted by molar-refractivity contribution is 7.10. The molecule has 1 aromatic heterocycles. The average Bonchev–Trinajstić information content (AvgIpc) is 3.22. The van der Waals surface area contributed by atoms with E-state index in [1.54, 1.807) is 33.3 Å². The molecule has 0 fully saturated rings. The number of halogens is 1. The first kappa shape index (κ1) is 23.1. The van der Waals surface area contributed by atoms with E-state index < -0.39 is 0 Å². The first-order valence-corrected chi connectivity index (χ1v) is 11.6. The smallest absolute Gasteiger partial charge is 0.318 e. The number of fused-ring (bicyclic) bond motifs is 1.